The van der Waals surface area contributed by atoms with E-state index >= 15 is 0 Å². The highest BCUT2D eigenvalue weighted by Crippen LogP contribution is 2.36. The zero-order valence-corrected chi connectivity index (χ0v) is 14.3. The predicted molar refractivity (Wildman–Crippen MR) is 94.4 cm³/mol. The molecule has 0 bridgehead atoms. The molecule has 1 aliphatic carbocycles. The van der Waals surface area contributed by atoms with Crippen LogP contribution in [0.25, 0.3) is 0 Å². The first-order chi connectivity index (χ1) is 10.1. The van der Waals surface area contributed by atoms with E-state index in [2.05, 4.69) is 10.2 Å². The number of thiocarbonyl (C=S) groups is 1. The maximum absolute atomic E-state index is 6.22. The molecule has 2 aliphatic rings. The number of halogens is 2. The molecule has 1 aromatic carbocycles. The van der Waals surface area contributed by atoms with Crippen molar-refractivity contribution in [3.63, 3.8) is 0 Å². The molecular weight excluding hydrogens is 323 g/mol. The Morgan fingerprint density at radius 2 is 1.90 bits per heavy atom. The molecule has 1 saturated carbocycles. The fourth-order valence-electron chi connectivity index (χ4n) is 3.65. The van der Waals surface area contributed by atoms with Gasteiger partial charge in [0.15, 0.2) is 5.11 Å². The van der Waals surface area contributed by atoms with Gasteiger partial charge in [0.05, 0.1) is 10.7 Å². The molecule has 0 amide bonds. The molecule has 1 aromatic rings. The third-order valence-corrected chi connectivity index (χ3v) is 5.56. The summed E-state index contributed by atoms with van der Waals surface area (Å²) in [5, 5.41) is 5.36. The quantitative estimate of drug-likeness (QED) is 0.693. The van der Waals surface area contributed by atoms with Crippen LogP contribution in [0, 0.1) is 5.92 Å². The fourth-order valence-corrected chi connectivity index (χ4v) is 4.45. The number of piperidine rings is 1. The van der Waals surface area contributed by atoms with E-state index in [0.717, 1.165) is 23.3 Å². The lowest BCUT2D eigenvalue weighted by molar-refractivity contribution is 0.121. The van der Waals surface area contributed by atoms with Crippen LogP contribution in [0.3, 0.4) is 0 Å². The average molecular weight is 343 g/mol. The van der Waals surface area contributed by atoms with Gasteiger partial charge < -0.3 is 10.2 Å². The molecule has 1 saturated heterocycles. The van der Waals surface area contributed by atoms with Crippen LogP contribution in [-0.2, 0) is 0 Å². The summed E-state index contributed by atoms with van der Waals surface area (Å²) in [6.45, 7) is 1.05. The molecule has 1 heterocycles. The zero-order chi connectivity index (χ0) is 14.8. The van der Waals surface area contributed by atoms with Gasteiger partial charge in [-0.05, 0) is 62.0 Å². The summed E-state index contributed by atoms with van der Waals surface area (Å²) in [7, 11) is 0. The number of nitrogens with zero attached hydrogens (tertiary/aromatic N) is 1. The molecular formula is C16H20Cl2N2S. The van der Waals surface area contributed by atoms with Crippen molar-refractivity contribution in [2.45, 2.75) is 44.6 Å². The Kier molecular flexibility index (Phi) is 4.92. The Bertz CT molecular complexity index is 533. The van der Waals surface area contributed by atoms with Gasteiger partial charge >= 0.3 is 0 Å². The second-order valence-corrected chi connectivity index (χ2v) is 7.23. The standard InChI is InChI=1S/C16H20Cl2N2S/c17-12-7-8-14(13(18)10-12)19-16(21)20-9-3-5-11-4-1-2-6-15(11)20/h7-8,10-11,15H,1-6,9H2,(H,19,21)/t11-,15-/m0/s1. The van der Waals surface area contributed by atoms with Gasteiger partial charge in [0.1, 0.15) is 0 Å². The number of rotatable bonds is 1. The Balaban J connectivity index is 1.71. The molecule has 1 N–H and O–H groups in total. The molecule has 0 radical (unpaired) electrons. The van der Waals surface area contributed by atoms with Crippen molar-refractivity contribution in [2.75, 3.05) is 11.9 Å². The third kappa shape index (κ3) is 3.46. The lowest BCUT2D eigenvalue weighted by Crippen LogP contribution is -2.51. The third-order valence-electron chi connectivity index (χ3n) is 4.68. The van der Waals surface area contributed by atoms with Crippen LogP contribution < -0.4 is 5.32 Å². The van der Waals surface area contributed by atoms with E-state index in [9.17, 15) is 0 Å². The maximum atomic E-state index is 6.22. The van der Waals surface area contributed by atoms with Crippen molar-refractivity contribution >= 4 is 46.2 Å². The summed E-state index contributed by atoms with van der Waals surface area (Å²) in [4.78, 5) is 2.38. The van der Waals surface area contributed by atoms with Gasteiger partial charge in [-0.1, -0.05) is 36.0 Å². The van der Waals surface area contributed by atoms with Crippen molar-refractivity contribution < 1.29 is 0 Å². The van der Waals surface area contributed by atoms with Crippen LogP contribution in [-0.4, -0.2) is 22.6 Å². The molecule has 1 aliphatic heterocycles. The smallest absolute Gasteiger partial charge is 0.173 e. The molecule has 2 nitrogen and oxygen atoms in total. The molecule has 114 valence electrons. The molecule has 2 atom stereocenters. The minimum atomic E-state index is 0.610. The Morgan fingerprint density at radius 1 is 1.14 bits per heavy atom. The number of fused-ring (bicyclic) bond motifs is 1. The zero-order valence-electron chi connectivity index (χ0n) is 11.9. The summed E-state index contributed by atoms with van der Waals surface area (Å²) in [6, 6.07) is 6.07. The molecule has 5 heteroatoms. The summed E-state index contributed by atoms with van der Waals surface area (Å²) in [6.07, 6.45) is 7.90. The number of anilines is 1. The van der Waals surface area contributed by atoms with Crippen molar-refractivity contribution in [3.05, 3.63) is 28.2 Å². The molecule has 21 heavy (non-hydrogen) atoms. The monoisotopic (exact) mass is 342 g/mol. The molecule has 0 unspecified atom stereocenters. The van der Waals surface area contributed by atoms with Crippen molar-refractivity contribution in [3.8, 4) is 0 Å². The molecule has 3 rings (SSSR count). The van der Waals surface area contributed by atoms with E-state index in [1.54, 1.807) is 6.07 Å². The first kappa shape index (κ1) is 15.4. The number of likely N-dealkylation sites (tertiary alicyclic amines) is 1. The number of hydrogen-bond donors (Lipinski definition) is 1. The lowest BCUT2D eigenvalue weighted by atomic mass is 9.78. The van der Waals surface area contributed by atoms with Gasteiger partial charge in [-0.15, -0.1) is 0 Å². The van der Waals surface area contributed by atoms with Crippen molar-refractivity contribution in [2.24, 2.45) is 5.92 Å². The van der Waals surface area contributed by atoms with Crippen molar-refractivity contribution in [1.29, 1.82) is 0 Å². The van der Waals surface area contributed by atoms with Gasteiger partial charge in [-0.2, -0.15) is 0 Å². The van der Waals surface area contributed by atoms with Gasteiger partial charge in [-0.25, -0.2) is 0 Å². The van der Waals surface area contributed by atoms with E-state index in [1.165, 1.54) is 38.5 Å². The molecule has 0 aromatic heterocycles. The predicted octanol–water partition coefficient (Wildman–Crippen LogP) is 5.34. The SMILES string of the molecule is S=C(Nc1ccc(Cl)cc1Cl)N1CCC[C@@H]2CCCC[C@@H]21. The second kappa shape index (κ2) is 6.72. The summed E-state index contributed by atoms with van der Waals surface area (Å²) < 4.78 is 0. The molecule has 2 fully saturated rings. The van der Waals surface area contributed by atoms with E-state index in [1.807, 2.05) is 12.1 Å². The van der Waals surface area contributed by atoms with E-state index in [-0.39, 0.29) is 0 Å². The van der Waals surface area contributed by atoms with Crippen LogP contribution in [0.15, 0.2) is 18.2 Å². The highest BCUT2D eigenvalue weighted by atomic mass is 35.5. The highest BCUT2D eigenvalue weighted by molar-refractivity contribution is 7.80. The normalized spacial score (nSPS) is 25.3. The van der Waals surface area contributed by atoms with E-state index < -0.39 is 0 Å². The fraction of sp³-hybridized carbons (Fsp3) is 0.562. The van der Waals surface area contributed by atoms with E-state index in [0.29, 0.717) is 16.1 Å². The van der Waals surface area contributed by atoms with Gasteiger partial charge in [0.2, 0.25) is 0 Å². The topological polar surface area (TPSA) is 15.3 Å². The Morgan fingerprint density at radius 3 is 2.71 bits per heavy atom. The largest absolute Gasteiger partial charge is 0.346 e. The van der Waals surface area contributed by atoms with Crippen LogP contribution in [0.2, 0.25) is 10.0 Å². The first-order valence-electron chi connectivity index (χ1n) is 7.68. The van der Waals surface area contributed by atoms with Gasteiger partial charge in [0, 0.05) is 17.6 Å². The van der Waals surface area contributed by atoms with Gasteiger partial charge in [0.25, 0.3) is 0 Å². The minimum absolute atomic E-state index is 0.610. The molecule has 0 spiro atoms. The highest BCUT2D eigenvalue weighted by Gasteiger charge is 2.34. The van der Waals surface area contributed by atoms with Crippen LogP contribution in [0.4, 0.5) is 5.69 Å². The Hall–Kier alpha value is -0.510. The van der Waals surface area contributed by atoms with Crippen molar-refractivity contribution in [1.82, 2.24) is 4.90 Å². The summed E-state index contributed by atoms with van der Waals surface area (Å²) >= 11 is 17.8. The first-order valence-corrected chi connectivity index (χ1v) is 8.84. The van der Waals surface area contributed by atoms with Crippen LogP contribution in [0.5, 0.6) is 0 Å². The second-order valence-electron chi connectivity index (χ2n) is 6.00. The number of hydrogen-bond acceptors (Lipinski definition) is 1. The summed E-state index contributed by atoms with van der Waals surface area (Å²) in [5.74, 6) is 0.813. The number of nitrogens with one attached hydrogen (secondary N) is 1. The van der Waals surface area contributed by atoms with Gasteiger partial charge in [-0.3, -0.25) is 0 Å². The number of benzene rings is 1. The van der Waals surface area contributed by atoms with Crippen LogP contribution in [0.1, 0.15) is 38.5 Å². The van der Waals surface area contributed by atoms with Crippen LogP contribution >= 0.6 is 35.4 Å². The maximum Gasteiger partial charge on any atom is 0.173 e. The van der Waals surface area contributed by atoms with E-state index in [4.69, 9.17) is 35.4 Å². The summed E-state index contributed by atoms with van der Waals surface area (Å²) in [5.41, 5.74) is 0.837. The average Bonchev–Trinajstić information content (AvgIpc) is 2.49. The Labute approximate surface area is 141 Å². The minimum Gasteiger partial charge on any atom is -0.346 e. The lowest BCUT2D eigenvalue weighted by Gasteiger charge is -2.45.